The van der Waals surface area contributed by atoms with Gasteiger partial charge in [0.05, 0.1) is 13.2 Å². The van der Waals surface area contributed by atoms with Crippen LogP contribution in [-0.2, 0) is 0 Å². The molecular formula is C13H18N2O2. The van der Waals surface area contributed by atoms with Gasteiger partial charge in [-0.05, 0) is 24.8 Å². The zero-order valence-corrected chi connectivity index (χ0v) is 10.0. The quantitative estimate of drug-likeness (QED) is 0.837. The Morgan fingerprint density at radius 1 is 1.41 bits per heavy atom. The number of hydrogen-bond donors (Lipinski definition) is 1. The van der Waals surface area contributed by atoms with E-state index >= 15 is 0 Å². The SMILES string of the molecule is COc1cc(N2CC3CCC(O)C3C2)ccn1. The standard InChI is InChI=1S/C13H18N2O2/c1-17-13-6-10(4-5-14-13)15-7-9-2-3-12(16)11(9)8-15/h4-6,9,11-12,16H,2-3,7-8H2,1H3. The maximum Gasteiger partial charge on any atom is 0.214 e. The number of ether oxygens (including phenoxy) is 1. The predicted octanol–water partition coefficient (Wildman–Crippen LogP) is 1.30. The van der Waals surface area contributed by atoms with E-state index < -0.39 is 0 Å². The fraction of sp³-hybridized carbons (Fsp3) is 0.615. The van der Waals surface area contributed by atoms with Crippen LogP contribution in [0.15, 0.2) is 18.3 Å². The Morgan fingerprint density at radius 3 is 3.06 bits per heavy atom. The number of pyridine rings is 1. The first-order chi connectivity index (χ1) is 8.28. The third kappa shape index (κ3) is 1.86. The van der Waals surface area contributed by atoms with E-state index in [4.69, 9.17) is 4.74 Å². The molecule has 92 valence electrons. The summed E-state index contributed by atoms with van der Waals surface area (Å²) >= 11 is 0. The molecule has 1 aliphatic heterocycles. The van der Waals surface area contributed by atoms with Crippen molar-refractivity contribution in [3.05, 3.63) is 18.3 Å². The summed E-state index contributed by atoms with van der Waals surface area (Å²) in [6.45, 7) is 2.01. The van der Waals surface area contributed by atoms with Crippen molar-refractivity contribution >= 4 is 5.69 Å². The molecule has 0 bridgehead atoms. The molecule has 0 radical (unpaired) electrons. The van der Waals surface area contributed by atoms with Crippen molar-refractivity contribution in [2.75, 3.05) is 25.1 Å². The monoisotopic (exact) mass is 234 g/mol. The number of anilines is 1. The van der Waals surface area contributed by atoms with Crippen LogP contribution in [-0.4, -0.2) is 36.4 Å². The van der Waals surface area contributed by atoms with Gasteiger partial charge in [0.1, 0.15) is 0 Å². The maximum absolute atomic E-state index is 9.90. The van der Waals surface area contributed by atoms with Crippen LogP contribution in [0.25, 0.3) is 0 Å². The summed E-state index contributed by atoms with van der Waals surface area (Å²) in [7, 11) is 1.63. The van der Waals surface area contributed by atoms with Crippen LogP contribution < -0.4 is 9.64 Å². The molecule has 1 aromatic rings. The second-order valence-electron chi connectivity index (χ2n) is 5.03. The molecule has 1 aliphatic carbocycles. The van der Waals surface area contributed by atoms with Gasteiger partial charge in [-0.2, -0.15) is 0 Å². The number of methoxy groups -OCH3 is 1. The van der Waals surface area contributed by atoms with Crippen LogP contribution in [0.2, 0.25) is 0 Å². The van der Waals surface area contributed by atoms with Crippen molar-refractivity contribution in [1.29, 1.82) is 0 Å². The molecule has 1 saturated carbocycles. The minimum absolute atomic E-state index is 0.103. The van der Waals surface area contributed by atoms with Crippen molar-refractivity contribution < 1.29 is 9.84 Å². The molecule has 1 N–H and O–H groups in total. The largest absolute Gasteiger partial charge is 0.481 e. The highest BCUT2D eigenvalue weighted by atomic mass is 16.5. The predicted molar refractivity (Wildman–Crippen MR) is 65.2 cm³/mol. The van der Waals surface area contributed by atoms with Gasteiger partial charge >= 0.3 is 0 Å². The van der Waals surface area contributed by atoms with E-state index in [-0.39, 0.29) is 6.10 Å². The average molecular weight is 234 g/mol. The number of aliphatic hydroxyl groups excluding tert-OH is 1. The number of aliphatic hydroxyl groups is 1. The Bertz CT molecular complexity index is 410. The highest BCUT2D eigenvalue weighted by molar-refractivity contribution is 5.49. The second-order valence-corrected chi connectivity index (χ2v) is 5.03. The van der Waals surface area contributed by atoms with Crippen molar-refractivity contribution in [3.63, 3.8) is 0 Å². The summed E-state index contributed by atoms with van der Waals surface area (Å²) in [6.07, 6.45) is 3.81. The Balaban J connectivity index is 1.78. The fourth-order valence-corrected chi connectivity index (χ4v) is 3.15. The van der Waals surface area contributed by atoms with E-state index in [1.54, 1.807) is 13.3 Å². The van der Waals surface area contributed by atoms with Gasteiger partial charge in [0.15, 0.2) is 0 Å². The minimum Gasteiger partial charge on any atom is -0.481 e. The van der Waals surface area contributed by atoms with Crippen LogP contribution in [0.5, 0.6) is 5.88 Å². The van der Waals surface area contributed by atoms with Gasteiger partial charge < -0.3 is 14.7 Å². The first-order valence-electron chi connectivity index (χ1n) is 6.21. The lowest BCUT2D eigenvalue weighted by Crippen LogP contribution is -2.24. The summed E-state index contributed by atoms with van der Waals surface area (Å²) in [5, 5.41) is 9.90. The third-order valence-electron chi connectivity index (χ3n) is 4.11. The topological polar surface area (TPSA) is 45.6 Å². The zero-order valence-electron chi connectivity index (χ0n) is 10.0. The lowest BCUT2D eigenvalue weighted by Gasteiger charge is -2.20. The van der Waals surface area contributed by atoms with Crippen LogP contribution in [0.3, 0.4) is 0 Å². The summed E-state index contributed by atoms with van der Waals surface area (Å²) in [6, 6.07) is 3.98. The molecule has 2 heterocycles. The van der Waals surface area contributed by atoms with E-state index in [1.807, 2.05) is 12.1 Å². The molecule has 0 spiro atoms. The summed E-state index contributed by atoms with van der Waals surface area (Å²) < 4.78 is 5.14. The Labute approximate surface area is 101 Å². The van der Waals surface area contributed by atoms with Crippen molar-refractivity contribution in [3.8, 4) is 5.88 Å². The Hall–Kier alpha value is -1.29. The fourth-order valence-electron chi connectivity index (χ4n) is 3.15. The van der Waals surface area contributed by atoms with Crippen molar-refractivity contribution in [1.82, 2.24) is 4.98 Å². The van der Waals surface area contributed by atoms with Gasteiger partial charge in [-0.1, -0.05) is 0 Å². The normalized spacial score (nSPS) is 31.6. The molecule has 0 amide bonds. The molecule has 1 saturated heterocycles. The lowest BCUT2D eigenvalue weighted by atomic mass is 10.00. The van der Waals surface area contributed by atoms with E-state index in [9.17, 15) is 5.11 Å². The molecule has 3 unspecified atom stereocenters. The van der Waals surface area contributed by atoms with Crippen LogP contribution in [0.4, 0.5) is 5.69 Å². The van der Waals surface area contributed by atoms with E-state index in [0.29, 0.717) is 17.7 Å². The van der Waals surface area contributed by atoms with Gasteiger partial charge in [-0.3, -0.25) is 0 Å². The van der Waals surface area contributed by atoms with Crippen LogP contribution in [0, 0.1) is 11.8 Å². The summed E-state index contributed by atoms with van der Waals surface area (Å²) in [4.78, 5) is 6.45. The smallest absolute Gasteiger partial charge is 0.214 e. The van der Waals surface area contributed by atoms with Gasteiger partial charge in [0.2, 0.25) is 5.88 Å². The van der Waals surface area contributed by atoms with Crippen molar-refractivity contribution in [2.45, 2.75) is 18.9 Å². The molecule has 0 aromatic carbocycles. The van der Waals surface area contributed by atoms with E-state index in [1.165, 1.54) is 0 Å². The molecule has 2 fully saturated rings. The number of rotatable bonds is 2. The molecule has 1 aromatic heterocycles. The molecule has 3 atom stereocenters. The molecule has 17 heavy (non-hydrogen) atoms. The average Bonchev–Trinajstić information content (AvgIpc) is 2.92. The third-order valence-corrected chi connectivity index (χ3v) is 4.11. The molecular weight excluding hydrogens is 216 g/mol. The van der Waals surface area contributed by atoms with Crippen molar-refractivity contribution in [2.24, 2.45) is 11.8 Å². The lowest BCUT2D eigenvalue weighted by molar-refractivity contribution is 0.133. The summed E-state index contributed by atoms with van der Waals surface area (Å²) in [5.74, 6) is 1.76. The van der Waals surface area contributed by atoms with Crippen LogP contribution >= 0.6 is 0 Å². The first-order valence-corrected chi connectivity index (χ1v) is 6.21. The highest BCUT2D eigenvalue weighted by Crippen LogP contribution is 2.40. The second kappa shape index (κ2) is 4.18. The van der Waals surface area contributed by atoms with Gasteiger partial charge in [0, 0.05) is 37.0 Å². The van der Waals surface area contributed by atoms with Crippen LogP contribution in [0.1, 0.15) is 12.8 Å². The van der Waals surface area contributed by atoms with E-state index in [2.05, 4.69) is 9.88 Å². The molecule has 2 aliphatic rings. The maximum atomic E-state index is 9.90. The summed E-state index contributed by atoms with van der Waals surface area (Å²) in [5.41, 5.74) is 1.15. The minimum atomic E-state index is -0.103. The van der Waals surface area contributed by atoms with Gasteiger partial charge in [0.25, 0.3) is 0 Å². The number of aromatic nitrogens is 1. The molecule has 4 nitrogen and oxygen atoms in total. The Kier molecular flexibility index (Phi) is 2.67. The number of fused-ring (bicyclic) bond motifs is 1. The molecule has 3 rings (SSSR count). The highest BCUT2D eigenvalue weighted by Gasteiger charge is 2.41. The Morgan fingerprint density at radius 2 is 2.29 bits per heavy atom. The zero-order chi connectivity index (χ0) is 11.8. The van der Waals surface area contributed by atoms with Gasteiger partial charge in [-0.15, -0.1) is 0 Å². The van der Waals surface area contributed by atoms with Gasteiger partial charge in [-0.25, -0.2) is 4.98 Å². The first kappa shape index (κ1) is 10.8. The number of nitrogens with zero attached hydrogens (tertiary/aromatic N) is 2. The molecule has 4 heteroatoms. The number of hydrogen-bond acceptors (Lipinski definition) is 4. The van der Waals surface area contributed by atoms with E-state index in [0.717, 1.165) is 31.6 Å².